The average Bonchev–Trinajstić information content (AvgIpc) is 2.48. The number of nitrogens with two attached hydrogens (primary N) is 1. The summed E-state index contributed by atoms with van der Waals surface area (Å²) in [6.45, 7) is 0. The average molecular weight is 295 g/mol. The number of carbonyl (C=O) groups excluding carboxylic acids is 1. The van der Waals surface area contributed by atoms with Gasteiger partial charge in [0.2, 0.25) is 0 Å². The van der Waals surface area contributed by atoms with Crippen LogP contribution in [0, 0.1) is 0 Å². The number of rotatable bonds is 4. The number of aromatic nitrogens is 1. The molecule has 1 aliphatic carbocycles. The third-order valence-electron chi connectivity index (χ3n) is 3.65. The predicted molar refractivity (Wildman–Crippen MR) is 83.2 cm³/mol. The Morgan fingerprint density at radius 1 is 1.55 bits per heavy atom. The molecule has 0 bridgehead atoms. The minimum Gasteiger partial charge on any atom is -0.465 e. The lowest BCUT2D eigenvalue weighted by Gasteiger charge is -2.29. The van der Waals surface area contributed by atoms with Gasteiger partial charge in [0.15, 0.2) is 0 Å². The van der Waals surface area contributed by atoms with E-state index in [0.717, 1.165) is 12.8 Å². The predicted octanol–water partition coefficient (Wildman–Crippen LogP) is 2.54. The first-order valence-electron chi connectivity index (χ1n) is 6.77. The molecule has 6 heteroatoms. The van der Waals surface area contributed by atoms with Crippen LogP contribution in [0.1, 0.15) is 36.0 Å². The fourth-order valence-corrected chi connectivity index (χ4v) is 3.36. The zero-order valence-corrected chi connectivity index (χ0v) is 12.7. The largest absolute Gasteiger partial charge is 0.465 e. The van der Waals surface area contributed by atoms with E-state index in [9.17, 15) is 4.79 Å². The van der Waals surface area contributed by atoms with Crippen LogP contribution in [0.2, 0.25) is 0 Å². The number of ether oxygens (including phenoxy) is 1. The Morgan fingerprint density at radius 2 is 2.35 bits per heavy atom. The smallest absolute Gasteiger partial charge is 0.340 e. The van der Waals surface area contributed by atoms with Crippen molar-refractivity contribution in [1.82, 2.24) is 4.98 Å². The SMILES string of the molecule is COC(=O)c1cc(NC2CCCC(SC)C2)ncc1N. The third kappa shape index (κ3) is 3.56. The maximum atomic E-state index is 11.6. The summed E-state index contributed by atoms with van der Waals surface area (Å²) in [5.74, 6) is 0.255. The zero-order chi connectivity index (χ0) is 14.5. The highest BCUT2D eigenvalue weighted by Gasteiger charge is 2.22. The Bertz CT molecular complexity index is 481. The highest BCUT2D eigenvalue weighted by Crippen LogP contribution is 2.29. The van der Waals surface area contributed by atoms with Gasteiger partial charge in [-0.25, -0.2) is 9.78 Å². The van der Waals surface area contributed by atoms with Gasteiger partial charge in [-0.1, -0.05) is 6.42 Å². The van der Waals surface area contributed by atoms with E-state index >= 15 is 0 Å². The van der Waals surface area contributed by atoms with Gasteiger partial charge >= 0.3 is 5.97 Å². The molecule has 5 nitrogen and oxygen atoms in total. The molecule has 0 amide bonds. The number of esters is 1. The Labute approximate surface area is 123 Å². The molecule has 1 saturated carbocycles. The Kier molecular flexibility index (Phi) is 5.11. The highest BCUT2D eigenvalue weighted by atomic mass is 32.2. The van der Waals surface area contributed by atoms with Gasteiger partial charge in [-0.05, 0) is 31.6 Å². The number of hydrogen-bond acceptors (Lipinski definition) is 6. The first-order valence-corrected chi connectivity index (χ1v) is 8.06. The second-order valence-corrected chi connectivity index (χ2v) is 6.15. The van der Waals surface area contributed by atoms with Crippen LogP contribution in [0.15, 0.2) is 12.3 Å². The maximum Gasteiger partial charge on any atom is 0.340 e. The number of nitrogens with one attached hydrogen (secondary N) is 1. The molecule has 20 heavy (non-hydrogen) atoms. The van der Waals surface area contributed by atoms with E-state index in [4.69, 9.17) is 10.5 Å². The third-order valence-corrected chi connectivity index (χ3v) is 4.75. The molecule has 0 saturated heterocycles. The number of methoxy groups -OCH3 is 1. The number of thioether (sulfide) groups is 1. The molecule has 2 rings (SSSR count). The van der Waals surface area contributed by atoms with Gasteiger partial charge in [0.05, 0.1) is 24.6 Å². The van der Waals surface area contributed by atoms with Crippen LogP contribution in [0.3, 0.4) is 0 Å². The minimum absolute atomic E-state index is 0.341. The van der Waals surface area contributed by atoms with Crippen LogP contribution in [-0.4, -0.2) is 35.6 Å². The summed E-state index contributed by atoms with van der Waals surface area (Å²) in [5.41, 5.74) is 6.45. The van der Waals surface area contributed by atoms with Crippen molar-refractivity contribution >= 4 is 29.2 Å². The van der Waals surface area contributed by atoms with Crippen molar-refractivity contribution in [3.63, 3.8) is 0 Å². The fourth-order valence-electron chi connectivity index (χ4n) is 2.53. The van der Waals surface area contributed by atoms with Crippen molar-refractivity contribution in [3.05, 3.63) is 17.8 Å². The van der Waals surface area contributed by atoms with Gasteiger partial charge < -0.3 is 15.8 Å². The number of anilines is 2. The molecular formula is C14H21N3O2S. The monoisotopic (exact) mass is 295 g/mol. The molecule has 1 fully saturated rings. The summed E-state index contributed by atoms with van der Waals surface area (Å²) >= 11 is 1.92. The van der Waals surface area contributed by atoms with Crippen LogP contribution in [0.4, 0.5) is 11.5 Å². The molecular weight excluding hydrogens is 274 g/mol. The molecule has 0 spiro atoms. The molecule has 1 aromatic heterocycles. The van der Waals surface area contributed by atoms with E-state index in [-0.39, 0.29) is 0 Å². The van der Waals surface area contributed by atoms with E-state index in [0.29, 0.717) is 28.4 Å². The van der Waals surface area contributed by atoms with Gasteiger partial charge in [-0.15, -0.1) is 0 Å². The van der Waals surface area contributed by atoms with Crippen molar-refractivity contribution < 1.29 is 9.53 Å². The molecule has 1 aliphatic rings. The van der Waals surface area contributed by atoms with Crippen molar-refractivity contribution in [2.45, 2.75) is 37.0 Å². The minimum atomic E-state index is -0.432. The molecule has 1 aromatic rings. The van der Waals surface area contributed by atoms with Crippen LogP contribution >= 0.6 is 11.8 Å². The molecule has 0 aromatic carbocycles. The van der Waals surface area contributed by atoms with Crippen molar-refractivity contribution in [3.8, 4) is 0 Å². The van der Waals surface area contributed by atoms with Crippen molar-refractivity contribution in [2.75, 3.05) is 24.4 Å². The van der Waals surface area contributed by atoms with Crippen LogP contribution in [0.25, 0.3) is 0 Å². The standard InChI is InChI=1S/C14H21N3O2S/c1-19-14(18)11-7-13(16-8-12(11)15)17-9-4-3-5-10(6-9)20-2/h7-10H,3-6,15H2,1-2H3,(H,16,17). The number of hydrogen-bond donors (Lipinski definition) is 2. The first kappa shape index (κ1) is 15.0. The molecule has 3 N–H and O–H groups in total. The molecule has 110 valence electrons. The Balaban J connectivity index is 2.07. The second kappa shape index (κ2) is 6.83. The summed E-state index contributed by atoms with van der Waals surface area (Å²) in [6.07, 6.45) is 8.43. The summed E-state index contributed by atoms with van der Waals surface area (Å²) in [7, 11) is 1.35. The topological polar surface area (TPSA) is 77.2 Å². The van der Waals surface area contributed by atoms with E-state index in [1.54, 1.807) is 6.07 Å². The van der Waals surface area contributed by atoms with Gasteiger partial charge in [0.25, 0.3) is 0 Å². The van der Waals surface area contributed by atoms with E-state index in [1.807, 2.05) is 11.8 Å². The number of nitrogens with zero attached hydrogens (tertiary/aromatic N) is 1. The normalized spacial score (nSPS) is 22.3. The van der Waals surface area contributed by atoms with Crippen molar-refractivity contribution in [2.24, 2.45) is 0 Å². The second-order valence-electron chi connectivity index (χ2n) is 5.01. The summed E-state index contributed by atoms with van der Waals surface area (Å²) < 4.78 is 4.72. The molecule has 2 unspecified atom stereocenters. The van der Waals surface area contributed by atoms with Crippen molar-refractivity contribution in [1.29, 1.82) is 0 Å². The Hall–Kier alpha value is -1.43. The van der Waals surface area contributed by atoms with Gasteiger partial charge in [0.1, 0.15) is 5.82 Å². The molecule has 2 atom stereocenters. The lowest BCUT2D eigenvalue weighted by atomic mass is 9.95. The molecule has 1 heterocycles. The number of pyridine rings is 1. The highest BCUT2D eigenvalue weighted by molar-refractivity contribution is 7.99. The van der Waals surface area contributed by atoms with Gasteiger partial charge in [-0.2, -0.15) is 11.8 Å². The van der Waals surface area contributed by atoms with E-state index in [2.05, 4.69) is 16.6 Å². The summed E-state index contributed by atoms with van der Waals surface area (Å²) in [6, 6.07) is 2.08. The summed E-state index contributed by atoms with van der Waals surface area (Å²) in [5, 5.41) is 4.11. The molecule has 0 radical (unpaired) electrons. The van der Waals surface area contributed by atoms with Gasteiger partial charge in [-0.3, -0.25) is 0 Å². The lowest BCUT2D eigenvalue weighted by molar-refractivity contribution is 0.0602. The lowest BCUT2D eigenvalue weighted by Crippen LogP contribution is -2.29. The fraction of sp³-hybridized carbons (Fsp3) is 0.571. The van der Waals surface area contributed by atoms with Crippen LogP contribution < -0.4 is 11.1 Å². The first-order chi connectivity index (χ1) is 9.63. The quantitative estimate of drug-likeness (QED) is 0.831. The summed E-state index contributed by atoms with van der Waals surface area (Å²) in [4.78, 5) is 15.9. The van der Waals surface area contributed by atoms with Crippen LogP contribution in [-0.2, 0) is 4.74 Å². The Morgan fingerprint density at radius 3 is 3.05 bits per heavy atom. The van der Waals surface area contributed by atoms with E-state index < -0.39 is 5.97 Å². The number of carbonyl (C=O) groups is 1. The van der Waals surface area contributed by atoms with E-state index in [1.165, 1.54) is 26.1 Å². The maximum absolute atomic E-state index is 11.6. The van der Waals surface area contributed by atoms with Gasteiger partial charge in [0, 0.05) is 11.3 Å². The number of nitrogen functional groups attached to an aromatic ring is 1. The molecule has 0 aliphatic heterocycles. The zero-order valence-electron chi connectivity index (χ0n) is 11.9. The van der Waals surface area contributed by atoms with Crippen LogP contribution in [0.5, 0.6) is 0 Å².